The number of benzene rings is 1. The van der Waals surface area contributed by atoms with Crippen LogP contribution in [0.5, 0.6) is 5.75 Å². The van der Waals surface area contributed by atoms with Crippen LogP contribution in [0.2, 0.25) is 0 Å². The topological polar surface area (TPSA) is 58.6 Å². The van der Waals surface area contributed by atoms with Gasteiger partial charge in [0, 0.05) is 61.9 Å². The van der Waals surface area contributed by atoms with Crippen molar-refractivity contribution >= 4 is 6.09 Å². The molecule has 0 radical (unpaired) electrons. The van der Waals surface area contributed by atoms with Crippen LogP contribution in [0.4, 0.5) is 4.79 Å². The number of carbonyl (C=O) groups excluding carboxylic acids is 1. The van der Waals surface area contributed by atoms with E-state index in [0.717, 1.165) is 61.7 Å². The minimum atomic E-state index is -0.272. The lowest BCUT2D eigenvalue weighted by Gasteiger charge is -2.33. The second-order valence-corrected chi connectivity index (χ2v) is 8.63. The number of aryl methyl sites for hydroxylation is 4. The van der Waals surface area contributed by atoms with Gasteiger partial charge in [-0.05, 0) is 68.7 Å². The van der Waals surface area contributed by atoms with Gasteiger partial charge in [-0.3, -0.25) is 14.9 Å². The summed E-state index contributed by atoms with van der Waals surface area (Å²) in [7, 11) is 0. The fourth-order valence-electron chi connectivity index (χ4n) is 4.07. The van der Waals surface area contributed by atoms with Gasteiger partial charge in [0.15, 0.2) is 0 Å². The number of pyridine rings is 2. The van der Waals surface area contributed by atoms with Gasteiger partial charge < -0.3 is 9.64 Å². The van der Waals surface area contributed by atoms with Crippen molar-refractivity contribution in [3.8, 4) is 5.75 Å². The Kier molecular flexibility index (Phi) is 7.68. The first-order valence-corrected chi connectivity index (χ1v) is 11.7. The first-order valence-electron chi connectivity index (χ1n) is 11.7. The Balaban J connectivity index is 1.19. The molecule has 4 rings (SSSR count). The molecular formula is C27H32N4O2. The lowest BCUT2D eigenvalue weighted by molar-refractivity contribution is 0.111. The maximum absolute atomic E-state index is 12.6. The molecule has 2 aromatic heterocycles. The average Bonchev–Trinajstić information content (AvgIpc) is 2.83. The van der Waals surface area contributed by atoms with Crippen molar-refractivity contribution < 1.29 is 9.53 Å². The second kappa shape index (κ2) is 11.1. The summed E-state index contributed by atoms with van der Waals surface area (Å²) in [6.07, 6.45) is 2.46. The number of hydrogen-bond donors (Lipinski definition) is 0. The summed E-state index contributed by atoms with van der Waals surface area (Å²) in [6, 6.07) is 20.1. The zero-order chi connectivity index (χ0) is 23.0. The largest absolute Gasteiger partial charge is 0.415 e. The summed E-state index contributed by atoms with van der Waals surface area (Å²) in [4.78, 5) is 25.9. The Labute approximate surface area is 196 Å². The van der Waals surface area contributed by atoms with Crippen molar-refractivity contribution in [2.45, 2.75) is 33.1 Å². The van der Waals surface area contributed by atoms with Gasteiger partial charge in [0.05, 0.1) is 0 Å². The van der Waals surface area contributed by atoms with Crippen LogP contribution in [0.3, 0.4) is 0 Å². The number of hydrogen-bond acceptors (Lipinski definition) is 5. The molecule has 0 bridgehead atoms. The molecule has 0 unspecified atom stereocenters. The zero-order valence-electron chi connectivity index (χ0n) is 19.5. The Hall–Kier alpha value is -3.25. The molecule has 0 spiro atoms. The molecule has 33 heavy (non-hydrogen) atoms. The molecule has 6 nitrogen and oxygen atoms in total. The highest BCUT2D eigenvalue weighted by Crippen LogP contribution is 2.16. The molecule has 1 amide bonds. The van der Waals surface area contributed by atoms with Crippen molar-refractivity contribution in [1.29, 1.82) is 0 Å². The average molecular weight is 445 g/mol. The monoisotopic (exact) mass is 444 g/mol. The van der Waals surface area contributed by atoms with E-state index in [2.05, 4.69) is 33.1 Å². The van der Waals surface area contributed by atoms with E-state index in [9.17, 15) is 4.79 Å². The van der Waals surface area contributed by atoms with Crippen molar-refractivity contribution in [2.75, 3.05) is 32.7 Å². The third-order valence-corrected chi connectivity index (χ3v) is 6.00. The summed E-state index contributed by atoms with van der Waals surface area (Å²) in [5, 5.41) is 0. The predicted molar refractivity (Wildman–Crippen MR) is 130 cm³/mol. The molecule has 0 N–H and O–H groups in total. The molecule has 1 aliphatic heterocycles. The van der Waals surface area contributed by atoms with Gasteiger partial charge in [0.25, 0.3) is 0 Å². The van der Waals surface area contributed by atoms with Gasteiger partial charge in [-0.1, -0.05) is 24.3 Å². The highest BCUT2D eigenvalue weighted by atomic mass is 16.6. The summed E-state index contributed by atoms with van der Waals surface area (Å²) >= 11 is 0. The molecule has 172 valence electrons. The van der Waals surface area contributed by atoms with Gasteiger partial charge in [-0.2, -0.15) is 0 Å². The number of amides is 1. The van der Waals surface area contributed by atoms with Gasteiger partial charge in [0.1, 0.15) is 5.75 Å². The van der Waals surface area contributed by atoms with E-state index in [-0.39, 0.29) is 6.09 Å². The Morgan fingerprint density at radius 1 is 0.788 bits per heavy atom. The van der Waals surface area contributed by atoms with E-state index in [1.165, 1.54) is 5.56 Å². The van der Waals surface area contributed by atoms with E-state index >= 15 is 0 Å². The Bertz CT molecular complexity index is 1060. The van der Waals surface area contributed by atoms with Crippen molar-refractivity contribution in [2.24, 2.45) is 0 Å². The minimum absolute atomic E-state index is 0.272. The Morgan fingerprint density at radius 2 is 1.39 bits per heavy atom. The molecule has 1 aliphatic rings. The molecule has 6 heteroatoms. The quantitative estimate of drug-likeness (QED) is 0.546. The third kappa shape index (κ3) is 6.86. The SMILES string of the molecule is Cc1cccc(CCc2ccc(OC(=O)N3CCN(CCc4cccc(C)n4)CC3)cc2)n1. The number of piperazine rings is 1. The molecule has 0 saturated carbocycles. The van der Waals surface area contributed by atoms with Crippen LogP contribution in [0, 0.1) is 13.8 Å². The molecule has 1 saturated heterocycles. The van der Waals surface area contributed by atoms with Gasteiger partial charge in [0.2, 0.25) is 0 Å². The van der Waals surface area contributed by atoms with Crippen LogP contribution in [0.15, 0.2) is 60.7 Å². The fraction of sp³-hybridized carbons (Fsp3) is 0.370. The summed E-state index contributed by atoms with van der Waals surface area (Å²) in [6.45, 7) is 8.06. The van der Waals surface area contributed by atoms with E-state index in [1.54, 1.807) is 4.90 Å². The lowest BCUT2D eigenvalue weighted by Crippen LogP contribution is -2.49. The van der Waals surface area contributed by atoms with Crippen molar-refractivity contribution in [3.05, 3.63) is 89.0 Å². The molecular weight excluding hydrogens is 412 g/mol. The number of ether oxygens (including phenoxy) is 1. The second-order valence-electron chi connectivity index (χ2n) is 8.63. The van der Waals surface area contributed by atoms with E-state index in [1.807, 2.05) is 56.3 Å². The number of aromatic nitrogens is 2. The molecule has 1 fully saturated rings. The van der Waals surface area contributed by atoms with Crippen LogP contribution in [0.1, 0.15) is 28.3 Å². The Morgan fingerprint density at radius 3 is 2.00 bits per heavy atom. The van der Waals surface area contributed by atoms with E-state index < -0.39 is 0 Å². The van der Waals surface area contributed by atoms with Crippen LogP contribution >= 0.6 is 0 Å². The van der Waals surface area contributed by atoms with Gasteiger partial charge in [-0.25, -0.2) is 4.79 Å². The summed E-state index contributed by atoms with van der Waals surface area (Å²) in [5.41, 5.74) is 5.51. The molecule has 3 aromatic rings. The number of nitrogens with zero attached hydrogens (tertiary/aromatic N) is 4. The molecule has 1 aromatic carbocycles. The first kappa shape index (κ1) is 22.9. The van der Waals surface area contributed by atoms with Crippen LogP contribution in [-0.4, -0.2) is 58.6 Å². The van der Waals surface area contributed by atoms with Crippen molar-refractivity contribution in [3.63, 3.8) is 0 Å². The molecule has 3 heterocycles. The molecule has 0 aliphatic carbocycles. The number of carbonyl (C=O) groups is 1. The van der Waals surface area contributed by atoms with Crippen LogP contribution in [-0.2, 0) is 19.3 Å². The maximum Gasteiger partial charge on any atom is 0.415 e. The third-order valence-electron chi connectivity index (χ3n) is 6.00. The normalized spacial score (nSPS) is 14.3. The van der Waals surface area contributed by atoms with Crippen molar-refractivity contribution in [1.82, 2.24) is 19.8 Å². The van der Waals surface area contributed by atoms with Gasteiger partial charge in [-0.15, -0.1) is 0 Å². The molecule has 0 atom stereocenters. The first-order chi connectivity index (χ1) is 16.0. The van der Waals surface area contributed by atoms with E-state index in [4.69, 9.17) is 4.74 Å². The maximum atomic E-state index is 12.6. The predicted octanol–water partition coefficient (Wildman–Crippen LogP) is 4.24. The van der Waals surface area contributed by atoms with Crippen LogP contribution in [0.25, 0.3) is 0 Å². The van der Waals surface area contributed by atoms with E-state index in [0.29, 0.717) is 18.8 Å². The minimum Gasteiger partial charge on any atom is -0.410 e. The fourth-order valence-corrected chi connectivity index (χ4v) is 4.07. The summed E-state index contributed by atoms with van der Waals surface area (Å²) < 4.78 is 5.61. The highest BCUT2D eigenvalue weighted by molar-refractivity contribution is 5.70. The summed E-state index contributed by atoms with van der Waals surface area (Å²) in [5.74, 6) is 0.588. The smallest absolute Gasteiger partial charge is 0.410 e. The van der Waals surface area contributed by atoms with Crippen LogP contribution < -0.4 is 4.74 Å². The number of rotatable bonds is 7. The standard InChI is InChI=1S/C27H32N4O2/c1-21-5-3-7-24(28-21)12-9-23-10-13-26(14-11-23)33-27(32)31-19-17-30(18-20-31)16-15-25-8-4-6-22(2)29-25/h3-8,10-11,13-14H,9,12,15-20H2,1-2H3. The zero-order valence-corrected chi connectivity index (χ0v) is 19.5. The van der Waals surface area contributed by atoms with Gasteiger partial charge >= 0.3 is 6.09 Å². The lowest BCUT2D eigenvalue weighted by atomic mass is 10.1. The highest BCUT2D eigenvalue weighted by Gasteiger charge is 2.22.